The van der Waals surface area contributed by atoms with Crippen LogP contribution in [0.15, 0.2) is 24.3 Å². The first-order valence-electron chi connectivity index (χ1n) is 5.89. The molecular formula is C13H19NO4. The van der Waals surface area contributed by atoms with Crippen molar-refractivity contribution in [1.82, 2.24) is 0 Å². The molecule has 4 N–H and O–H groups in total. The fraction of sp³-hybridized carbons (Fsp3) is 0.462. The molecule has 1 rings (SSSR count). The largest absolute Gasteiger partial charge is 0.466 e. The summed E-state index contributed by atoms with van der Waals surface area (Å²) >= 11 is 0. The average Bonchev–Trinajstić information content (AvgIpc) is 2.38. The predicted octanol–water partition coefficient (Wildman–Crippen LogP) is 0.493. The molecule has 2 atom stereocenters. The average molecular weight is 253 g/mol. The molecule has 1 aromatic carbocycles. The number of nitrogens with two attached hydrogens (primary N) is 1. The molecular weight excluding hydrogens is 234 g/mol. The summed E-state index contributed by atoms with van der Waals surface area (Å²) in [6, 6.07) is 7.00. The highest BCUT2D eigenvalue weighted by Crippen LogP contribution is 2.22. The smallest absolute Gasteiger partial charge is 0.308 e. The molecule has 0 saturated heterocycles. The first-order chi connectivity index (χ1) is 8.60. The Labute approximate surface area is 106 Å². The van der Waals surface area contributed by atoms with E-state index in [9.17, 15) is 15.0 Å². The first kappa shape index (κ1) is 14.6. The summed E-state index contributed by atoms with van der Waals surface area (Å²) in [6.45, 7) is 2.20. The second-order valence-corrected chi connectivity index (χ2v) is 3.92. The minimum absolute atomic E-state index is 0.242. The van der Waals surface area contributed by atoms with Gasteiger partial charge in [-0.05, 0) is 18.1 Å². The van der Waals surface area contributed by atoms with E-state index in [1.165, 1.54) is 0 Å². The number of hydrogen-bond donors (Lipinski definition) is 3. The highest BCUT2D eigenvalue weighted by atomic mass is 16.5. The van der Waals surface area contributed by atoms with Crippen LogP contribution in [0.4, 0.5) is 0 Å². The number of esters is 1. The molecule has 0 heterocycles. The first-order valence-corrected chi connectivity index (χ1v) is 5.89. The van der Waals surface area contributed by atoms with E-state index in [2.05, 4.69) is 0 Å². The van der Waals surface area contributed by atoms with Gasteiger partial charge >= 0.3 is 5.97 Å². The zero-order valence-corrected chi connectivity index (χ0v) is 10.4. The van der Waals surface area contributed by atoms with Crippen LogP contribution < -0.4 is 5.73 Å². The van der Waals surface area contributed by atoms with Crippen molar-refractivity contribution in [1.29, 1.82) is 0 Å². The monoisotopic (exact) mass is 253 g/mol. The van der Waals surface area contributed by atoms with E-state index in [1.54, 1.807) is 31.2 Å². The minimum Gasteiger partial charge on any atom is -0.466 e. The van der Waals surface area contributed by atoms with Crippen molar-refractivity contribution in [2.24, 2.45) is 5.73 Å². The molecule has 1 aromatic rings. The lowest BCUT2D eigenvalue weighted by Crippen LogP contribution is -2.24. The molecule has 0 saturated carbocycles. The third kappa shape index (κ3) is 3.80. The molecule has 0 aromatic heterocycles. The van der Waals surface area contributed by atoms with Crippen LogP contribution in [0.1, 0.15) is 30.6 Å². The van der Waals surface area contributed by atoms with Crippen molar-refractivity contribution >= 4 is 5.97 Å². The zero-order valence-electron chi connectivity index (χ0n) is 10.4. The van der Waals surface area contributed by atoms with Gasteiger partial charge in [-0.2, -0.15) is 0 Å². The normalized spacial score (nSPS) is 14.0. The van der Waals surface area contributed by atoms with Crippen molar-refractivity contribution in [2.45, 2.75) is 32.1 Å². The van der Waals surface area contributed by atoms with Gasteiger partial charge in [-0.15, -0.1) is 0 Å². The third-order valence-electron chi connectivity index (χ3n) is 2.64. The Bertz CT molecular complexity index is 394. The Morgan fingerprint density at radius 3 is 2.67 bits per heavy atom. The number of aliphatic hydroxyl groups excluding tert-OH is 2. The van der Waals surface area contributed by atoms with E-state index in [0.29, 0.717) is 5.56 Å². The lowest BCUT2D eigenvalue weighted by Gasteiger charge is -2.19. The summed E-state index contributed by atoms with van der Waals surface area (Å²) in [4.78, 5) is 11.2. The van der Waals surface area contributed by atoms with Gasteiger partial charge in [0.1, 0.15) is 6.10 Å². The number of hydrogen-bond acceptors (Lipinski definition) is 5. The predicted molar refractivity (Wildman–Crippen MR) is 66.6 cm³/mol. The highest BCUT2D eigenvalue weighted by Gasteiger charge is 2.23. The summed E-state index contributed by atoms with van der Waals surface area (Å²) in [5.41, 5.74) is 6.84. The molecule has 0 aliphatic heterocycles. The van der Waals surface area contributed by atoms with Crippen LogP contribution in [0.5, 0.6) is 0 Å². The van der Waals surface area contributed by atoms with Crippen LogP contribution >= 0.6 is 0 Å². The number of carbonyl (C=O) groups is 1. The van der Waals surface area contributed by atoms with Gasteiger partial charge in [-0.1, -0.05) is 24.3 Å². The van der Waals surface area contributed by atoms with E-state index in [4.69, 9.17) is 10.5 Å². The third-order valence-corrected chi connectivity index (χ3v) is 2.64. The standard InChI is InChI=1S/C13H19NO4/c1-2-18-12(16)7-11(15)13(17)10-6-4-3-5-9(10)8-14/h3-6,11,13,15,17H,2,7-8,14H2,1H3. The Balaban J connectivity index is 2.73. The second-order valence-electron chi connectivity index (χ2n) is 3.92. The maximum absolute atomic E-state index is 11.2. The molecule has 5 heteroatoms. The maximum Gasteiger partial charge on any atom is 0.308 e. The number of carbonyl (C=O) groups excluding carboxylic acids is 1. The molecule has 0 amide bonds. The molecule has 18 heavy (non-hydrogen) atoms. The van der Waals surface area contributed by atoms with Gasteiger partial charge in [0.25, 0.3) is 0 Å². The molecule has 5 nitrogen and oxygen atoms in total. The number of benzene rings is 1. The van der Waals surface area contributed by atoms with Crippen molar-refractivity contribution < 1.29 is 19.7 Å². The number of rotatable bonds is 6. The topological polar surface area (TPSA) is 92.8 Å². The maximum atomic E-state index is 11.2. The zero-order chi connectivity index (χ0) is 13.5. The number of aliphatic hydroxyl groups is 2. The van der Waals surface area contributed by atoms with Crippen molar-refractivity contribution in [2.75, 3.05) is 6.61 Å². The lowest BCUT2D eigenvalue weighted by molar-refractivity contribution is -0.147. The molecule has 0 bridgehead atoms. The lowest BCUT2D eigenvalue weighted by atomic mass is 9.97. The Morgan fingerprint density at radius 1 is 1.39 bits per heavy atom. The molecule has 0 aliphatic carbocycles. The second kappa shape index (κ2) is 7.10. The van der Waals surface area contributed by atoms with E-state index in [-0.39, 0.29) is 19.6 Å². The van der Waals surface area contributed by atoms with Crippen LogP contribution in [-0.4, -0.2) is 28.9 Å². The summed E-state index contributed by atoms with van der Waals surface area (Å²) in [5.74, 6) is -0.533. The summed E-state index contributed by atoms with van der Waals surface area (Å²) in [7, 11) is 0. The Kier molecular flexibility index (Phi) is 5.77. The fourth-order valence-electron chi connectivity index (χ4n) is 1.72. The van der Waals surface area contributed by atoms with Crippen LogP contribution in [0.2, 0.25) is 0 Å². The van der Waals surface area contributed by atoms with E-state index < -0.39 is 18.2 Å². The minimum atomic E-state index is -1.20. The van der Waals surface area contributed by atoms with Gasteiger partial charge in [0.2, 0.25) is 0 Å². The van der Waals surface area contributed by atoms with Crippen molar-refractivity contribution in [3.63, 3.8) is 0 Å². The summed E-state index contributed by atoms with van der Waals surface area (Å²) in [6.07, 6.45) is -2.58. The summed E-state index contributed by atoms with van der Waals surface area (Å²) < 4.78 is 4.72. The quantitative estimate of drug-likeness (QED) is 0.642. The molecule has 0 fully saturated rings. The summed E-state index contributed by atoms with van der Waals surface area (Å²) in [5, 5.41) is 19.8. The van der Waals surface area contributed by atoms with Gasteiger partial charge in [-0.3, -0.25) is 4.79 Å². The molecule has 0 aliphatic rings. The van der Waals surface area contributed by atoms with Gasteiger partial charge in [0, 0.05) is 6.54 Å². The van der Waals surface area contributed by atoms with Crippen molar-refractivity contribution in [3.05, 3.63) is 35.4 Å². The Morgan fingerprint density at radius 2 is 2.06 bits per heavy atom. The van der Waals surface area contributed by atoms with Crippen molar-refractivity contribution in [3.8, 4) is 0 Å². The Hall–Kier alpha value is -1.43. The fourth-order valence-corrected chi connectivity index (χ4v) is 1.72. The van der Waals surface area contributed by atoms with Gasteiger partial charge in [0.15, 0.2) is 0 Å². The van der Waals surface area contributed by atoms with E-state index >= 15 is 0 Å². The number of ether oxygens (including phenoxy) is 1. The molecule has 100 valence electrons. The SMILES string of the molecule is CCOC(=O)CC(O)C(O)c1ccccc1CN. The van der Waals surface area contributed by atoms with Gasteiger partial charge in [-0.25, -0.2) is 0 Å². The van der Waals surface area contributed by atoms with Crippen LogP contribution in [0, 0.1) is 0 Å². The van der Waals surface area contributed by atoms with Crippen LogP contribution in [0.3, 0.4) is 0 Å². The molecule has 0 spiro atoms. The van der Waals surface area contributed by atoms with E-state index in [1.807, 2.05) is 0 Å². The highest BCUT2D eigenvalue weighted by molar-refractivity contribution is 5.70. The molecule has 2 unspecified atom stereocenters. The van der Waals surface area contributed by atoms with Gasteiger partial charge in [0.05, 0.1) is 19.1 Å². The van der Waals surface area contributed by atoms with Crippen LogP contribution in [-0.2, 0) is 16.1 Å². The van der Waals surface area contributed by atoms with Crippen LogP contribution in [0.25, 0.3) is 0 Å². The van der Waals surface area contributed by atoms with E-state index in [0.717, 1.165) is 5.56 Å². The molecule has 0 radical (unpaired) electrons. The van der Waals surface area contributed by atoms with Gasteiger partial charge < -0.3 is 20.7 Å².